The lowest BCUT2D eigenvalue weighted by atomic mass is 9.98. The highest BCUT2D eigenvalue weighted by Crippen LogP contribution is 2.49. The molecule has 6 nitrogen and oxygen atoms in total. The summed E-state index contributed by atoms with van der Waals surface area (Å²) in [5.74, 6) is 1.48. The lowest BCUT2D eigenvalue weighted by Gasteiger charge is -2.39. The Morgan fingerprint density at radius 2 is 1.73 bits per heavy atom. The van der Waals surface area contributed by atoms with Gasteiger partial charge in [0.15, 0.2) is 11.5 Å². The number of aromatic nitrogens is 1. The summed E-state index contributed by atoms with van der Waals surface area (Å²) in [7, 11) is -4.36. The zero-order valence-electron chi connectivity index (χ0n) is 19.0. The number of fused-ring (bicyclic) bond motifs is 2. The number of ether oxygens (including phenoxy) is 1. The fourth-order valence-electron chi connectivity index (χ4n) is 4.56. The molecule has 3 aromatic rings. The van der Waals surface area contributed by atoms with E-state index < -0.39 is 15.4 Å². The van der Waals surface area contributed by atoms with Gasteiger partial charge in [0.05, 0.1) is 17.1 Å². The summed E-state index contributed by atoms with van der Waals surface area (Å²) in [5, 5.41) is -1.12. The highest BCUT2D eigenvalue weighted by atomic mass is 32.2. The number of aryl methyl sites for hydroxylation is 1. The van der Waals surface area contributed by atoms with Crippen LogP contribution in [0.1, 0.15) is 56.0 Å². The topological polar surface area (TPSA) is 79.7 Å². The van der Waals surface area contributed by atoms with Crippen LogP contribution in [0, 0.1) is 0 Å². The van der Waals surface area contributed by atoms with E-state index in [1.54, 1.807) is 24.4 Å². The molecule has 2 atom stereocenters. The molecule has 0 amide bonds. The number of hydrogen-bond donors (Lipinski definition) is 1. The van der Waals surface area contributed by atoms with E-state index >= 15 is 0 Å². The van der Waals surface area contributed by atoms with Crippen LogP contribution in [0.5, 0.6) is 11.5 Å². The third-order valence-electron chi connectivity index (χ3n) is 6.02. The third-order valence-corrected chi connectivity index (χ3v) is 7.17. The summed E-state index contributed by atoms with van der Waals surface area (Å²) >= 11 is 0. The number of hydrogen-bond acceptors (Lipinski definition) is 5. The zero-order chi connectivity index (χ0) is 23.4. The van der Waals surface area contributed by atoms with Crippen LogP contribution in [0.25, 0.3) is 0 Å². The first-order valence-electron chi connectivity index (χ1n) is 11.5. The van der Waals surface area contributed by atoms with Crippen LogP contribution in [0.15, 0.2) is 66.9 Å². The summed E-state index contributed by atoms with van der Waals surface area (Å²) in [5.41, 5.74) is 3.37. The van der Waals surface area contributed by atoms with Crippen LogP contribution in [-0.2, 0) is 16.5 Å². The third kappa shape index (κ3) is 5.04. The Labute approximate surface area is 196 Å². The molecule has 33 heavy (non-hydrogen) atoms. The molecule has 0 bridgehead atoms. The molecule has 2 unspecified atom stereocenters. The van der Waals surface area contributed by atoms with Gasteiger partial charge in [-0.3, -0.25) is 9.54 Å². The number of anilines is 2. The number of rotatable bonds is 9. The van der Waals surface area contributed by atoms with E-state index in [1.807, 2.05) is 30.3 Å². The van der Waals surface area contributed by atoms with E-state index in [0.29, 0.717) is 5.69 Å². The Balaban J connectivity index is 1.82. The van der Waals surface area contributed by atoms with Crippen molar-refractivity contribution in [1.82, 2.24) is 4.98 Å². The molecule has 174 valence electrons. The summed E-state index contributed by atoms with van der Waals surface area (Å²) in [6.07, 6.45) is 5.33. The Bertz CT molecular complexity index is 1200. The number of benzene rings is 2. The van der Waals surface area contributed by atoms with Gasteiger partial charge in [0.2, 0.25) is 0 Å². The Morgan fingerprint density at radius 1 is 0.970 bits per heavy atom. The van der Waals surface area contributed by atoms with Gasteiger partial charge in [-0.15, -0.1) is 0 Å². The predicted octanol–water partition coefficient (Wildman–Crippen LogP) is 6.47. The summed E-state index contributed by atoms with van der Waals surface area (Å²) in [6, 6.07) is 19.0. The van der Waals surface area contributed by atoms with Gasteiger partial charge in [-0.25, -0.2) is 0 Å². The average Bonchev–Trinajstić information content (AvgIpc) is 2.80. The van der Waals surface area contributed by atoms with Crippen LogP contribution >= 0.6 is 0 Å². The molecule has 0 aliphatic carbocycles. The van der Waals surface area contributed by atoms with Crippen molar-refractivity contribution < 1.29 is 17.7 Å². The van der Waals surface area contributed by atoms with Crippen molar-refractivity contribution in [3.05, 3.63) is 78.1 Å². The second-order valence-electron chi connectivity index (χ2n) is 8.43. The van der Waals surface area contributed by atoms with Crippen molar-refractivity contribution in [2.75, 3.05) is 4.90 Å². The molecule has 0 saturated heterocycles. The molecule has 1 aliphatic heterocycles. The van der Waals surface area contributed by atoms with E-state index in [2.05, 4.69) is 35.9 Å². The lowest BCUT2D eigenvalue weighted by Crippen LogP contribution is -2.36. The van der Waals surface area contributed by atoms with Crippen LogP contribution < -0.4 is 9.64 Å². The second-order valence-corrected chi connectivity index (χ2v) is 10.0. The molecule has 0 saturated carbocycles. The lowest BCUT2D eigenvalue weighted by molar-refractivity contribution is 0.434. The monoisotopic (exact) mass is 466 g/mol. The maximum Gasteiger partial charge on any atom is 0.273 e. The van der Waals surface area contributed by atoms with Crippen molar-refractivity contribution >= 4 is 21.5 Å². The van der Waals surface area contributed by atoms with E-state index in [1.165, 1.54) is 5.56 Å². The first-order valence-corrected chi connectivity index (χ1v) is 13.0. The zero-order valence-corrected chi connectivity index (χ0v) is 19.8. The maximum atomic E-state index is 12.5. The molecule has 2 aromatic carbocycles. The highest BCUT2D eigenvalue weighted by Gasteiger charge is 2.35. The van der Waals surface area contributed by atoms with Crippen molar-refractivity contribution in [3.8, 4) is 11.5 Å². The normalized spacial score (nSPS) is 14.7. The van der Waals surface area contributed by atoms with Gasteiger partial charge in [-0.1, -0.05) is 51.0 Å². The first-order chi connectivity index (χ1) is 15.9. The summed E-state index contributed by atoms with van der Waals surface area (Å²) in [6.45, 7) is 4.23. The molecule has 1 aromatic heterocycles. The van der Waals surface area contributed by atoms with Gasteiger partial charge in [0.25, 0.3) is 10.1 Å². The van der Waals surface area contributed by atoms with Gasteiger partial charge >= 0.3 is 0 Å². The molecule has 1 N–H and O–H groups in total. The van der Waals surface area contributed by atoms with Gasteiger partial charge < -0.3 is 9.64 Å². The Morgan fingerprint density at radius 3 is 2.42 bits per heavy atom. The van der Waals surface area contributed by atoms with Gasteiger partial charge in [0, 0.05) is 12.2 Å². The summed E-state index contributed by atoms with van der Waals surface area (Å²) < 4.78 is 41.3. The summed E-state index contributed by atoms with van der Waals surface area (Å²) in [4.78, 5) is 6.44. The van der Waals surface area contributed by atoms with Crippen molar-refractivity contribution in [1.29, 1.82) is 0 Å². The van der Waals surface area contributed by atoms with Gasteiger partial charge in [-0.2, -0.15) is 8.42 Å². The molecule has 0 radical (unpaired) electrons. The minimum absolute atomic E-state index is 0.190. The van der Waals surface area contributed by atoms with E-state index in [9.17, 15) is 13.0 Å². The van der Waals surface area contributed by atoms with Crippen LogP contribution in [0.2, 0.25) is 0 Å². The quantitative estimate of drug-likeness (QED) is 0.364. The maximum absolute atomic E-state index is 12.5. The Kier molecular flexibility index (Phi) is 7.00. The molecule has 1 aliphatic rings. The molecule has 4 rings (SSSR count). The molecular formula is C26H30N2O4S. The average molecular weight is 467 g/mol. The molecule has 2 heterocycles. The van der Waals surface area contributed by atoms with Crippen LogP contribution in [0.3, 0.4) is 0 Å². The predicted molar refractivity (Wildman–Crippen MR) is 131 cm³/mol. The second kappa shape index (κ2) is 9.93. The Hall–Kier alpha value is -2.90. The fraction of sp³-hybridized carbons (Fsp3) is 0.346. The molecule has 0 spiro atoms. The number of pyridine rings is 1. The molecule has 7 heteroatoms. The first kappa shape index (κ1) is 23.3. The SMILES string of the molecule is CCCc1ccc2c(c1)N(C(CCC)CC(c1ccccn1)S(=O)(=O)O)c1ccccc1O2. The number of para-hydroxylation sites is 2. The highest BCUT2D eigenvalue weighted by molar-refractivity contribution is 7.86. The van der Waals surface area contributed by atoms with Crippen LogP contribution in [0.4, 0.5) is 11.4 Å². The standard InChI is InChI=1S/C26H30N2O4S/c1-3-9-19-14-15-25-23(17-19)28(22-12-5-6-13-24(22)32-25)20(10-4-2)18-26(33(29,30)31)21-11-7-8-16-27-21/h5-8,11-17,20,26H,3-4,9-10,18H2,1-2H3,(H,29,30,31). The van der Waals surface area contributed by atoms with Crippen LogP contribution in [-0.4, -0.2) is 24.0 Å². The largest absolute Gasteiger partial charge is 0.453 e. The van der Waals surface area contributed by atoms with E-state index in [4.69, 9.17) is 4.74 Å². The van der Waals surface area contributed by atoms with Gasteiger partial charge in [0.1, 0.15) is 5.25 Å². The van der Waals surface area contributed by atoms with Gasteiger partial charge in [-0.05, 0) is 61.2 Å². The number of nitrogens with zero attached hydrogens (tertiary/aromatic N) is 2. The molecule has 0 fully saturated rings. The van der Waals surface area contributed by atoms with Crippen molar-refractivity contribution in [3.63, 3.8) is 0 Å². The minimum atomic E-state index is -4.36. The smallest absolute Gasteiger partial charge is 0.273 e. The van der Waals surface area contributed by atoms with E-state index in [0.717, 1.165) is 48.6 Å². The van der Waals surface area contributed by atoms with Crippen molar-refractivity contribution in [2.45, 2.75) is 57.2 Å². The van der Waals surface area contributed by atoms with E-state index in [-0.39, 0.29) is 12.5 Å². The molecular weight excluding hydrogens is 436 g/mol. The van der Waals surface area contributed by atoms with Crippen molar-refractivity contribution in [2.24, 2.45) is 0 Å². The minimum Gasteiger partial charge on any atom is -0.453 e. The fourth-order valence-corrected chi connectivity index (χ4v) is 5.47.